The van der Waals surface area contributed by atoms with E-state index in [1.165, 1.54) is 4.90 Å². The van der Waals surface area contributed by atoms with Gasteiger partial charge in [-0.15, -0.1) is 0 Å². The summed E-state index contributed by atoms with van der Waals surface area (Å²) in [6.45, 7) is 8.34. The average Bonchev–Trinajstić information content (AvgIpc) is 3.10. The van der Waals surface area contributed by atoms with Gasteiger partial charge >= 0.3 is 6.03 Å². The van der Waals surface area contributed by atoms with E-state index in [0.717, 1.165) is 13.0 Å². The topological polar surface area (TPSA) is 91.6 Å². The minimum absolute atomic E-state index is 0.162. The summed E-state index contributed by atoms with van der Waals surface area (Å²) in [4.78, 5) is 31.5. The molecule has 0 radical (unpaired) electrons. The third-order valence-electron chi connectivity index (χ3n) is 4.04. The van der Waals surface area contributed by atoms with Crippen molar-refractivity contribution in [3.8, 4) is 0 Å². The van der Waals surface area contributed by atoms with Gasteiger partial charge in [0.15, 0.2) is 5.82 Å². The normalized spacial score (nSPS) is 17.6. The third kappa shape index (κ3) is 4.94. The summed E-state index contributed by atoms with van der Waals surface area (Å²) < 4.78 is 5.17. The summed E-state index contributed by atoms with van der Waals surface area (Å²) in [5.74, 6) is 1.87. The number of hydrogen-bond acceptors (Lipinski definition) is 5. The van der Waals surface area contributed by atoms with Crippen molar-refractivity contribution in [1.82, 2.24) is 25.3 Å². The lowest BCUT2D eigenvalue weighted by molar-refractivity contribution is -0.127. The van der Waals surface area contributed by atoms with Gasteiger partial charge in [-0.3, -0.25) is 4.79 Å². The maximum Gasteiger partial charge on any atom is 0.317 e. The summed E-state index contributed by atoms with van der Waals surface area (Å²) in [6.07, 6.45) is 1.23. The van der Waals surface area contributed by atoms with E-state index in [1.54, 1.807) is 7.05 Å². The maximum absolute atomic E-state index is 12.2. The first-order valence-corrected chi connectivity index (χ1v) is 8.47. The van der Waals surface area contributed by atoms with Crippen LogP contribution in [0.5, 0.6) is 0 Å². The molecule has 1 fully saturated rings. The van der Waals surface area contributed by atoms with Crippen LogP contribution >= 0.6 is 0 Å². The van der Waals surface area contributed by atoms with Crippen molar-refractivity contribution in [2.45, 2.75) is 40.2 Å². The van der Waals surface area contributed by atoms with Gasteiger partial charge < -0.3 is 19.6 Å². The first kappa shape index (κ1) is 18.2. The Morgan fingerprint density at radius 1 is 1.50 bits per heavy atom. The van der Waals surface area contributed by atoms with Gasteiger partial charge in [-0.25, -0.2) is 4.79 Å². The molecule has 8 heteroatoms. The molecule has 134 valence electrons. The Bertz CT molecular complexity index is 572. The largest absolute Gasteiger partial charge is 0.343 e. The van der Waals surface area contributed by atoms with Crippen molar-refractivity contribution in [1.29, 1.82) is 0 Å². The van der Waals surface area contributed by atoms with E-state index < -0.39 is 0 Å². The van der Waals surface area contributed by atoms with E-state index in [1.807, 2.05) is 11.8 Å². The summed E-state index contributed by atoms with van der Waals surface area (Å²) in [5.41, 5.74) is 0. The lowest BCUT2D eigenvalue weighted by atomic mass is 10.1. The monoisotopic (exact) mass is 337 g/mol. The molecule has 0 aromatic carbocycles. The van der Waals surface area contributed by atoms with Crippen molar-refractivity contribution in [2.24, 2.45) is 11.8 Å². The highest BCUT2D eigenvalue weighted by molar-refractivity contribution is 5.79. The van der Waals surface area contributed by atoms with Gasteiger partial charge in [0.1, 0.15) is 0 Å². The van der Waals surface area contributed by atoms with E-state index in [0.29, 0.717) is 37.1 Å². The molecule has 0 aliphatic carbocycles. The fourth-order valence-electron chi connectivity index (χ4n) is 2.73. The van der Waals surface area contributed by atoms with Crippen LogP contribution in [-0.2, 0) is 17.8 Å². The number of carbonyl (C=O) groups is 2. The molecule has 1 atom stereocenters. The lowest BCUT2D eigenvalue weighted by Crippen LogP contribution is -2.39. The molecule has 24 heavy (non-hydrogen) atoms. The predicted octanol–water partition coefficient (Wildman–Crippen LogP) is 1.28. The first-order valence-electron chi connectivity index (χ1n) is 8.47. The second-order valence-electron chi connectivity index (χ2n) is 6.75. The molecule has 1 aliphatic rings. The molecule has 0 spiro atoms. The van der Waals surface area contributed by atoms with E-state index in [2.05, 4.69) is 29.3 Å². The molecular formula is C16H27N5O3. The minimum atomic E-state index is -0.201. The SMILES string of the molecule is CCN1C[C@@H](CNC(=O)N(C)Cc2noc(CC(C)C)n2)CC1=O. The molecule has 1 saturated heterocycles. The lowest BCUT2D eigenvalue weighted by Gasteiger charge is -2.18. The van der Waals surface area contributed by atoms with Crippen molar-refractivity contribution < 1.29 is 14.1 Å². The third-order valence-corrected chi connectivity index (χ3v) is 4.04. The summed E-state index contributed by atoms with van der Waals surface area (Å²) in [7, 11) is 1.69. The van der Waals surface area contributed by atoms with Crippen LogP contribution in [0.3, 0.4) is 0 Å². The highest BCUT2D eigenvalue weighted by Gasteiger charge is 2.28. The van der Waals surface area contributed by atoms with Gasteiger partial charge in [-0.2, -0.15) is 4.98 Å². The second kappa shape index (κ2) is 8.12. The molecule has 3 amide bonds. The van der Waals surface area contributed by atoms with Gasteiger partial charge in [-0.05, 0) is 12.8 Å². The number of likely N-dealkylation sites (tertiary alicyclic amines) is 1. The molecule has 0 saturated carbocycles. The van der Waals surface area contributed by atoms with Gasteiger partial charge in [0, 0.05) is 45.4 Å². The van der Waals surface area contributed by atoms with Crippen LogP contribution in [0.1, 0.15) is 38.9 Å². The number of nitrogens with zero attached hydrogens (tertiary/aromatic N) is 4. The molecule has 1 N–H and O–H groups in total. The van der Waals surface area contributed by atoms with Crippen LogP contribution in [0.2, 0.25) is 0 Å². The van der Waals surface area contributed by atoms with Crippen molar-refractivity contribution in [3.63, 3.8) is 0 Å². The maximum atomic E-state index is 12.2. The zero-order chi connectivity index (χ0) is 17.7. The molecule has 1 aliphatic heterocycles. The minimum Gasteiger partial charge on any atom is -0.343 e. The first-order chi connectivity index (χ1) is 11.4. The molecular weight excluding hydrogens is 310 g/mol. The predicted molar refractivity (Wildman–Crippen MR) is 88.1 cm³/mol. The Hall–Kier alpha value is -2.12. The van der Waals surface area contributed by atoms with Gasteiger partial charge in [-0.1, -0.05) is 19.0 Å². The number of rotatable bonds is 7. The smallest absolute Gasteiger partial charge is 0.317 e. The van der Waals surface area contributed by atoms with Crippen LogP contribution in [0.25, 0.3) is 0 Å². The Morgan fingerprint density at radius 2 is 2.25 bits per heavy atom. The summed E-state index contributed by atoms with van der Waals surface area (Å²) >= 11 is 0. The van der Waals surface area contributed by atoms with Crippen molar-refractivity contribution in [2.75, 3.05) is 26.7 Å². The van der Waals surface area contributed by atoms with Gasteiger partial charge in [0.25, 0.3) is 0 Å². The van der Waals surface area contributed by atoms with E-state index >= 15 is 0 Å². The highest BCUT2D eigenvalue weighted by atomic mass is 16.5. The van der Waals surface area contributed by atoms with Gasteiger partial charge in [0.05, 0.1) is 6.54 Å². The number of carbonyl (C=O) groups excluding carboxylic acids is 2. The molecule has 0 bridgehead atoms. The molecule has 8 nitrogen and oxygen atoms in total. The highest BCUT2D eigenvalue weighted by Crippen LogP contribution is 2.16. The van der Waals surface area contributed by atoms with Crippen molar-refractivity contribution >= 4 is 11.9 Å². The van der Waals surface area contributed by atoms with Crippen LogP contribution in [0.15, 0.2) is 4.52 Å². The summed E-state index contributed by atoms with van der Waals surface area (Å²) in [6, 6.07) is -0.201. The Morgan fingerprint density at radius 3 is 2.88 bits per heavy atom. The van der Waals surface area contributed by atoms with Crippen LogP contribution in [0, 0.1) is 11.8 Å². The molecule has 2 heterocycles. The van der Waals surface area contributed by atoms with E-state index in [4.69, 9.17) is 4.52 Å². The number of nitrogens with one attached hydrogen (secondary N) is 1. The Labute approximate surface area is 142 Å². The van der Waals surface area contributed by atoms with E-state index in [9.17, 15) is 9.59 Å². The molecule has 2 rings (SSSR count). The standard InChI is InChI=1S/C16H27N5O3/c1-5-21-9-12(7-15(21)22)8-17-16(23)20(4)10-13-18-14(24-19-13)6-11(2)3/h11-12H,5-10H2,1-4H3,(H,17,23)/t12-/m1/s1. The quantitative estimate of drug-likeness (QED) is 0.809. The molecule has 1 aromatic heterocycles. The Balaban J connectivity index is 1.76. The summed E-state index contributed by atoms with van der Waals surface area (Å²) in [5, 5.41) is 6.77. The van der Waals surface area contributed by atoms with Crippen LogP contribution < -0.4 is 5.32 Å². The second-order valence-corrected chi connectivity index (χ2v) is 6.75. The number of aromatic nitrogens is 2. The average molecular weight is 337 g/mol. The van der Waals surface area contributed by atoms with Crippen molar-refractivity contribution in [3.05, 3.63) is 11.7 Å². The zero-order valence-corrected chi connectivity index (χ0v) is 14.9. The fourth-order valence-corrected chi connectivity index (χ4v) is 2.73. The fraction of sp³-hybridized carbons (Fsp3) is 0.750. The van der Waals surface area contributed by atoms with Crippen LogP contribution in [0.4, 0.5) is 4.79 Å². The Kier molecular flexibility index (Phi) is 6.16. The number of amides is 3. The van der Waals surface area contributed by atoms with E-state index in [-0.39, 0.29) is 24.4 Å². The van der Waals surface area contributed by atoms with Gasteiger partial charge in [0.2, 0.25) is 11.8 Å². The number of hydrogen-bond donors (Lipinski definition) is 1. The molecule has 1 aromatic rings. The molecule has 0 unspecified atom stereocenters. The van der Waals surface area contributed by atoms with Crippen LogP contribution in [-0.4, -0.2) is 58.6 Å². The zero-order valence-electron chi connectivity index (χ0n) is 14.9. The number of urea groups is 1.